The number of allylic oxidation sites excluding steroid dienone is 9. The van der Waals surface area contributed by atoms with Gasteiger partial charge >= 0.3 is 0 Å². The minimum absolute atomic E-state index is 0.0623. The summed E-state index contributed by atoms with van der Waals surface area (Å²) >= 11 is 0. The molecule has 1 aromatic rings. The second-order valence-corrected chi connectivity index (χ2v) is 8.55. The zero-order valence-electron chi connectivity index (χ0n) is 18.8. The Labute approximate surface area is 188 Å². The van der Waals surface area contributed by atoms with Gasteiger partial charge in [0.15, 0.2) is 5.78 Å². The van der Waals surface area contributed by atoms with Crippen molar-refractivity contribution in [3.63, 3.8) is 0 Å². The molecule has 3 rings (SSSR count). The number of Topliss-reactive ketones (excluding diaryl/α,β-unsaturated/α-hetero) is 1. The van der Waals surface area contributed by atoms with Crippen molar-refractivity contribution in [2.24, 2.45) is 5.92 Å². The van der Waals surface area contributed by atoms with Gasteiger partial charge in [-0.15, -0.1) is 0 Å². The maximum Gasteiger partial charge on any atom is 0.166 e. The highest BCUT2D eigenvalue weighted by Crippen LogP contribution is 2.44. The van der Waals surface area contributed by atoms with Gasteiger partial charge in [0.25, 0.3) is 0 Å². The van der Waals surface area contributed by atoms with E-state index in [0.717, 1.165) is 12.0 Å². The number of aliphatic hydroxyl groups excluding tert-OH is 1. The van der Waals surface area contributed by atoms with Crippen LogP contribution in [0.25, 0.3) is 5.57 Å². The summed E-state index contributed by atoms with van der Waals surface area (Å²) < 4.78 is 29.0. The van der Waals surface area contributed by atoms with Crippen LogP contribution in [0, 0.1) is 11.7 Å². The van der Waals surface area contributed by atoms with Crippen LogP contribution in [0.4, 0.5) is 8.78 Å². The third-order valence-electron chi connectivity index (χ3n) is 5.71. The van der Waals surface area contributed by atoms with Crippen molar-refractivity contribution in [1.29, 1.82) is 0 Å². The van der Waals surface area contributed by atoms with Crippen molar-refractivity contribution in [2.75, 3.05) is 0 Å². The number of pyridine rings is 1. The highest BCUT2D eigenvalue weighted by atomic mass is 19.1. The summed E-state index contributed by atoms with van der Waals surface area (Å²) in [7, 11) is 0. The lowest BCUT2D eigenvalue weighted by atomic mass is 9.80. The molecule has 168 valence electrons. The van der Waals surface area contributed by atoms with E-state index in [4.69, 9.17) is 0 Å². The summed E-state index contributed by atoms with van der Waals surface area (Å²) in [6.45, 7) is 8.65. The Morgan fingerprint density at radius 2 is 2.06 bits per heavy atom. The number of hydrogen-bond donors (Lipinski definition) is 1. The van der Waals surface area contributed by atoms with Gasteiger partial charge in [-0.1, -0.05) is 38.2 Å². The lowest BCUT2D eigenvalue weighted by molar-refractivity contribution is -0.115. The quantitative estimate of drug-likeness (QED) is 0.456. The molecule has 0 radical (unpaired) electrons. The number of halogens is 2. The zero-order chi connectivity index (χ0) is 23.5. The molecule has 1 heterocycles. The van der Waals surface area contributed by atoms with Crippen LogP contribution < -0.4 is 0 Å². The summed E-state index contributed by atoms with van der Waals surface area (Å²) in [4.78, 5) is 17.1. The highest BCUT2D eigenvalue weighted by molar-refractivity contribution is 6.00. The van der Waals surface area contributed by atoms with Crippen molar-refractivity contribution in [3.8, 4) is 0 Å². The predicted molar refractivity (Wildman–Crippen MR) is 124 cm³/mol. The first-order valence-electron chi connectivity index (χ1n) is 10.9. The van der Waals surface area contributed by atoms with Crippen LogP contribution in [0.3, 0.4) is 0 Å². The monoisotopic (exact) mass is 437 g/mol. The molecule has 0 fully saturated rings. The van der Waals surface area contributed by atoms with Crippen LogP contribution in [0.5, 0.6) is 0 Å². The number of hydrogen-bond acceptors (Lipinski definition) is 3. The minimum atomic E-state index is -1.63. The molecule has 0 aromatic carbocycles. The summed E-state index contributed by atoms with van der Waals surface area (Å²) in [6, 6.07) is 2.91. The summed E-state index contributed by atoms with van der Waals surface area (Å²) in [5, 5.41) is 10.8. The average Bonchev–Trinajstić information content (AvgIpc) is 3.08. The second-order valence-electron chi connectivity index (χ2n) is 8.55. The van der Waals surface area contributed by atoms with Gasteiger partial charge in [-0.25, -0.2) is 8.78 Å². The number of aromatic nitrogens is 1. The van der Waals surface area contributed by atoms with Crippen molar-refractivity contribution in [3.05, 3.63) is 94.9 Å². The SMILES string of the molecule is C=CC1=CC2C(=CC(C(=O)CC/C=C(\CCC)c3ncccc3F)=C2O)C(C(C)(C)F)=C1. The Morgan fingerprint density at radius 3 is 2.69 bits per heavy atom. The van der Waals surface area contributed by atoms with E-state index >= 15 is 0 Å². The van der Waals surface area contributed by atoms with Crippen LogP contribution in [0.2, 0.25) is 0 Å². The number of carbonyl (C=O) groups is 1. The molecule has 1 N–H and O–H groups in total. The van der Waals surface area contributed by atoms with Gasteiger partial charge in [0.05, 0.1) is 11.5 Å². The van der Waals surface area contributed by atoms with Crippen molar-refractivity contribution in [1.82, 2.24) is 4.98 Å². The lowest BCUT2D eigenvalue weighted by Crippen LogP contribution is -2.22. The zero-order valence-corrected chi connectivity index (χ0v) is 18.8. The summed E-state index contributed by atoms with van der Waals surface area (Å²) in [5.41, 5.74) is 1.38. The largest absolute Gasteiger partial charge is 0.511 e. The molecule has 0 saturated heterocycles. The van der Waals surface area contributed by atoms with Gasteiger partial charge in [-0.2, -0.15) is 0 Å². The van der Waals surface area contributed by atoms with Crippen molar-refractivity contribution in [2.45, 2.75) is 52.1 Å². The molecule has 3 nitrogen and oxygen atoms in total. The fraction of sp³-hybridized carbons (Fsp3) is 0.333. The standard InChI is InChI=1S/C27H29F2NO2/c1-5-9-18(25-23(28)11-8-13-30-25)10-7-12-24(31)21-16-19-20(26(21)32)14-17(6-2)15-22(19)27(3,4)29/h6,8,10-11,13-16,20,32H,2,5,7,9,12H2,1,3-4H3/b18-10+. The number of aliphatic hydroxyl groups is 1. The van der Waals surface area contributed by atoms with E-state index in [1.807, 2.05) is 13.0 Å². The van der Waals surface area contributed by atoms with E-state index in [2.05, 4.69) is 11.6 Å². The highest BCUT2D eigenvalue weighted by Gasteiger charge is 2.38. The molecule has 2 aliphatic carbocycles. The topological polar surface area (TPSA) is 50.2 Å². The van der Waals surface area contributed by atoms with Crippen molar-refractivity contribution >= 4 is 11.4 Å². The maximum absolute atomic E-state index is 14.8. The fourth-order valence-electron chi connectivity index (χ4n) is 4.12. The van der Waals surface area contributed by atoms with Crippen LogP contribution in [-0.4, -0.2) is 21.5 Å². The number of alkyl halides is 1. The normalized spacial score (nSPS) is 18.7. The minimum Gasteiger partial charge on any atom is -0.511 e. The van der Waals surface area contributed by atoms with E-state index in [9.17, 15) is 18.7 Å². The van der Waals surface area contributed by atoms with E-state index in [1.54, 1.807) is 36.6 Å². The molecular formula is C27H29F2NO2. The Morgan fingerprint density at radius 1 is 1.31 bits per heavy atom. The molecule has 0 aliphatic heterocycles. The molecule has 0 bridgehead atoms. The molecular weight excluding hydrogens is 408 g/mol. The lowest BCUT2D eigenvalue weighted by Gasteiger charge is -2.27. The molecule has 0 saturated carbocycles. The van der Waals surface area contributed by atoms with Gasteiger partial charge in [0, 0.05) is 12.6 Å². The third kappa shape index (κ3) is 4.87. The van der Waals surface area contributed by atoms with Gasteiger partial charge in [0.2, 0.25) is 0 Å². The fourth-order valence-corrected chi connectivity index (χ4v) is 4.12. The average molecular weight is 438 g/mol. The van der Waals surface area contributed by atoms with E-state index in [-0.39, 0.29) is 29.4 Å². The Hall–Kier alpha value is -3.08. The number of carbonyl (C=O) groups excluding carboxylic acids is 1. The third-order valence-corrected chi connectivity index (χ3v) is 5.71. The smallest absolute Gasteiger partial charge is 0.166 e. The van der Waals surface area contributed by atoms with E-state index in [1.165, 1.54) is 19.9 Å². The molecule has 0 spiro atoms. The van der Waals surface area contributed by atoms with E-state index in [0.29, 0.717) is 35.3 Å². The van der Waals surface area contributed by atoms with Gasteiger partial charge in [-0.3, -0.25) is 9.78 Å². The maximum atomic E-state index is 14.8. The van der Waals surface area contributed by atoms with Gasteiger partial charge in [0.1, 0.15) is 22.9 Å². The summed E-state index contributed by atoms with van der Waals surface area (Å²) in [5.74, 6) is -1.23. The summed E-state index contributed by atoms with van der Waals surface area (Å²) in [6.07, 6.45) is 12.1. The number of ketones is 1. The van der Waals surface area contributed by atoms with Crippen LogP contribution in [0.15, 0.2) is 83.3 Å². The molecule has 1 atom stereocenters. The van der Waals surface area contributed by atoms with Crippen LogP contribution >= 0.6 is 0 Å². The molecule has 2 aliphatic rings. The first-order chi connectivity index (χ1) is 15.2. The van der Waals surface area contributed by atoms with Gasteiger partial charge in [-0.05, 0) is 73.3 Å². The van der Waals surface area contributed by atoms with Crippen LogP contribution in [0.1, 0.15) is 52.1 Å². The molecule has 1 aromatic heterocycles. The number of nitrogens with zero attached hydrogens (tertiary/aromatic N) is 1. The molecule has 5 heteroatoms. The Kier molecular flexibility index (Phi) is 7.07. The first kappa shape index (κ1) is 23.6. The van der Waals surface area contributed by atoms with Crippen LogP contribution in [-0.2, 0) is 4.79 Å². The Bertz CT molecular complexity index is 1080. The molecule has 1 unspecified atom stereocenters. The first-order valence-corrected chi connectivity index (χ1v) is 10.9. The second kappa shape index (κ2) is 9.60. The number of fused-ring (bicyclic) bond motifs is 1. The van der Waals surface area contributed by atoms with Crippen molar-refractivity contribution < 1.29 is 18.7 Å². The number of rotatable bonds is 9. The van der Waals surface area contributed by atoms with Gasteiger partial charge < -0.3 is 5.11 Å². The van der Waals surface area contributed by atoms with E-state index < -0.39 is 11.6 Å². The molecule has 0 amide bonds. The Balaban J connectivity index is 1.82. The predicted octanol–water partition coefficient (Wildman–Crippen LogP) is 6.92. The molecule has 32 heavy (non-hydrogen) atoms.